The average Bonchev–Trinajstić information content (AvgIpc) is 3.71. The molecule has 0 spiro atoms. The first-order valence-electron chi connectivity index (χ1n) is 23.0. The average molecular weight is 920 g/mol. The van der Waals surface area contributed by atoms with Crippen LogP contribution in [-0.4, -0.2) is 95.6 Å². The van der Waals surface area contributed by atoms with Crippen molar-refractivity contribution < 1.29 is 33.6 Å². The third-order valence-corrected chi connectivity index (χ3v) is 11.9. The molecule has 0 bridgehead atoms. The van der Waals surface area contributed by atoms with Crippen LogP contribution in [0.25, 0.3) is 10.9 Å². The quantitative estimate of drug-likeness (QED) is 0.0631. The molecular weight excluding hydrogens is 855 g/mol. The van der Waals surface area contributed by atoms with Crippen LogP contribution in [0.3, 0.4) is 0 Å². The minimum absolute atomic E-state index is 0.0180. The number of carbonyl (C=O) groups excluding carboxylic acids is 7. The van der Waals surface area contributed by atoms with Crippen molar-refractivity contribution in [3.8, 4) is 0 Å². The van der Waals surface area contributed by atoms with Gasteiger partial charge < -0.3 is 54.1 Å². The van der Waals surface area contributed by atoms with E-state index >= 15 is 0 Å². The number of amides is 7. The van der Waals surface area contributed by atoms with Gasteiger partial charge in [-0.2, -0.15) is 0 Å². The van der Waals surface area contributed by atoms with E-state index in [0.717, 1.165) is 22.0 Å². The van der Waals surface area contributed by atoms with Gasteiger partial charge in [0.25, 0.3) is 0 Å². The molecule has 0 saturated carbocycles. The first-order valence-corrected chi connectivity index (χ1v) is 23.0. The largest absolute Gasteiger partial charge is 0.370 e. The zero-order valence-electron chi connectivity index (χ0n) is 38.1. The highest BCUT2D eigenvalue weighted by Gasteiger charge is 2.40. The van der Waals surface area contributed by atoms with Gasteiger partial charge in [0.15, 0.2) is 5.96 Å². The molecule has 67 heavy (non-hydrogen) atoms. The van der Waals surface area contributed by atoms with Crippen LogP contribution in [0.4, 0.5) is 0 Å². The molecule has 13 N–H and O–H groups in total. The second-order valence-corrected chi connectivity index (χ2v) is 17.2. The molecule has 5 atom stereocenters. The van der Waals surface area contributed by atoms with E-state index in [9.17, 15) is 33.6 Å². The standard InChI is InChI=1S/C49H65N11O7/c1-49(30-35-31-56-37-18-9-8-17-36(35)37)47(67)59-38(44(50)64)19-10-11-26-53-41(61)23-24-42(62)54-28-25-34(33-15-6-3-7-16-33)21-22-43(63)57-40(29-32-13-4-2-5-14-32)45(65)58-39(46(66)60-49)20-12-27-55-48(51)52/h2-9,13-18,31,34,38-40,56H,10-12,19-30H2,1H3,(H2,50,64)(H,53,61)(H,54,62)(H,57,63)(H,58,65)(H,59,67)(H,60,66)(H4,51,52,55)/t34-,38-,39-,40+,49-/m0/s1. The van der Waals surface area contributed by atoms with Crippen LogP contribution in [0, 0.1) is 0 Å². The number of aliphatic imine (C=N–C) groups is 1. The highest BCUT2D eigenvalue weighted by atomic mass is 16.2. The first kappa shape index (κ1) is 50.8. The fraction of sp³-hybridized carbons (Fsp3) is 0.429. The number of rotatable bonds is 10. The summed E-state index contributed by atoms with van der Waals surface area (Å²) < 4.78 is 0. The van der Waals surface area contributed by atoms with E-state index in [0.29, 0.717) is 37.8 Å². The maximum Gasteiger partial charge on any atom is 0.246 e. The van der Waals surface area contributed by atoms with E-state index < -0.39 is 53.2 Å². The number of nitrogens with one attached hydrogen (secondary N) is 7. The second kappa shape index (κ2) is 25.5. The SMILES string of the molecule is C[C@@]1(Cc2c[nH]c3ccccc23)NC(=O)[C@H](CCCN=C(N)N)NC(=O)[C@@H](Cc2ccccc2)NC(=O)CC[C@H](c2ccccc2)CCNC(=O)CCC(=O)NCCCC[C@@H](C(N)=O)NC1=O. The third-order valence-electron chi connectivity index (χ3n) is 11.9. The van der Waals surface area contributed by atoms with Gasteiger partial charge in [-0.3, -0.25) is 38.6 Å². The van der Waals surface area contributed by atoms with Gasteiger partial charge in [-0.05, 0) is 80.5 Å². The number of para-hydroxylation sites is 1. The molecule has 1 aliphatic heterocycles. The summed E-state index contributed by atoms with van der Waals surface area (Å²) in [7, 11) is 0. The molecule has 1 saturated heterocycles. The van der Waals surface area contributed by atoms with Crippen molar-refractivity contribution >= 4 is 58.2 Å². The van der Waals surface area contributed by atoms with Gasteiger partial charge >= 0.3 is 0 Å². The van der Waals surface area contributed by atoms with Gasteiger partial charge in [-0.15, -0.1) is 0 Å². The molecule has 3 aromatic carbocycles. The highest BCUT2D eigenvalue weighted by Crippen LogP contribution is 2.26. The monoisotopic (exact) mass is 920 g/mol. The Morgan fingerprint density at radius 3 is 2.07 bits per heavy atom. The minimum Gasteiger partial charge on any atom is -0.370 e. The van der Waals surface area contributed by atoms with Gasteiger partial charge in [-0.1, -0.05) is 78.9 Å². The molecule has 18 nitrogen and oxygen atoms in total. The Morgan fingerprint density at radius 2 is 1.37 bits per heavy atom. The fourth-order valence-corrected chi connectivity index (χ4v) is 8.17. The number of benzene rings is 3. The van der Waals surface area contributed by atoms with Gasteiger partial charge in [0.1, 0.15) is 23.7 Å². The smallest absolute Gasteiger partial charge is 0.246 e. The number of fused-ring (bicyclic) bond motifs is 1. The molecule has 358 valence electrons. The predicted molar refractivity (Wildman–Crippen MR) is 256 cm³/mol. The van der Waals surface area contributed by atoms with Crippen LogP contribution < -0.4 is 49.1 Å². The van der Waals surface area contributed by atoms with Crippen molar-refractivity contribution in [2.45, 2.75) is 114 Å². The molecule has 2 heterocycles. The summed E-state index contributed by atoms with van der Waals surface area (Å²) in [5.41, 5.74) is 18.5. The minimum atomic E-state index is -1.71. The predicted octanol–water partition coefficient (Wildman–Crippen LogP) is 1.97. The topological polar surface area (TPSA) is 298 Å². The summed E-state index contributed by atoms with van der Waals surface area (Å²) in [6.45, 7) is 2.25. The van der Waals surface area contributed by atoms with Crippen LogP contribution in [0.5, 0.6) is 0 Å². The van der Waals surface area contributed by atoms with E-state index in [4.69, 9.17) is 17.2 Å². The number of aromatic amines is 1. The van der Waals surface area contributed by atoms with E-state index in [-0.39, 0.29) is 88.1 Å². The Balaban J connectivity index is 1.47. The van der Waals surface area contributed by atoms with Crippen molar-refractivity contribution in [1.82, 2.24) is 36.9 Å². The van der Waals surface area contributed by atoms with Crippen LogP contribution >= 0.6 is 0 Å². The normalized spacial score (nSPS) is 22.7. The lowest BCUT2D eigenvalue weighted by Gasteiger charge is -2.33. The summed E-state index contributed by atoms with van der Waals surface area (Å²) in [6.07, 6.45) is 4.01. The fourth-order valence-electron chi connectivity index (χ4n) is 8.17. The maximum atomic E-state index is 14.7. The van der Waals surface area contributed by atoms with Gasteiger partial charge in [0, 0.05) is 68.8 Å². The van der Waals surface area contributed by atoms with E-state index in [2.05, 4.69) is 41.9 Å². The number of hydrogen-bond acceptors (Lipinski definition) is 8. The summed E-state index contributed by atoms with van der Waals surface area (Å²) >= 11 is 0. The van der Waals surface area contributed by atoms with Crippen LogP contribution in [0.2, 0.25) is 0 Å². The van der Waals surface area contributed by atoms with E-state index in [1.165, 1.54) is 6.92 Å². The summed E-state index contributed by atoms with van der Waals surface area (Å²) in [5.74, 6) is -4.10. The van der Waals surface area contributed by atoms with Crippen LogP contribution in [0.1, 0.15) is 93.7 Å². The zero-order chi connectivity index (χ0) is 48.2. The number of primary amides is 1. The Morgan fingerprint density at radius 1 is 0.701 bits per heavy atom. The van der Waals surface area contributed by atoms with Crippen LogP contribution in [0.15, 0.2) is 96.1 Å². The lowest BCUT2D eigenvalue weighted by molar-refractivity contribution is -0.137. The van der Waals surface area contributed by atoms with E-state index in [1.54, 1.807) is 6.20 Å². The molecule has 18 heteroatoms. The molecule has 1 aromatic heterocycles. The Bertz CT molecular complexity index is 2330. The molecule has 5 rings (SSSR count). The molecule has 0 aliphatic carbocycles. The van der Waals surface area contributed by atoms with Crippen molar-refractivity contribution in [2.24, 2.45) is 22.2 Å². The molecule has 0 unspecified atom stereocenters. The maximum absolute atomic E-state index is 14.7. The third kappa shape index (κ3) is 16.3. The molecule has 0 radical (unpaired) electrons. The van der Waals surface area contributed by atoms with Gasteiger partial charge in [0.2, 0.25) is 41.4 Å². The summed E-state index contributed by atoms with van der Waals surface area (Å²) in [5, 5.41) is 17.9. The molecule has 4 aromatic rings. The second-order valence-electron chi connectivity index (χ2n) is 17.2. The lowest BCUT2D eigenvalue weighted by Crippen LogP contribution is -2.64. The molecule has 1 aliphatic rings. The van der Waals surface area contributed by atoms with Crippen molar-refractivity contribution in [1.29, 1.82) is 0 Å². The van der Waals surface area contributed by atoms with Crippen molar-refractivity contribution in [3.05, 3.63) is 108 Å². The van der Waals surface area contributed by atoms with Crippen LogP contribution in [-0.2, 0) is 46.4 Å². The zero-order valence-corrected chi connectivity index (χ0v) is 38.1. The number of carbonyl (C=O) groups is 7. The molecule has 1 fully saturated rings. The number of nitrogens with zero attached hydrogens (tertiary/aromatic N) is 1. The number of nitrogens with two attached hydrogens (primary N) is 3. The number of guanidine groups is 1. The summed E-state index contributed by atoms with van der Waals surface area (Å²) in [6, 6.07) is 22.7. The molecule has 7 amide bonds. The summed E-state index contributed by atoms with van der Waals surface area (Å²) in [4.78, 5) is 103. The number of H-pyrrole nitrogens is 1. The Kier molecular flexibility index (Phi) is 19.3. The van der Waals surface area contributed by atoms with Crippen molar-refractivity contribution in [2.75, 3.05) is 19.6 Å². The molecular formula is C49H65N11O7. The Labute approximate surface area is 390 Å². The lowest BCUT2D eigenvalue weighted by atomic mass is 9.90. The van der Waals surface area contributed by atoms with Crippen molar-refractivity contribution in [3.63, 3.8) is 0 Å². The van der Waals surface area contributed by atoms with Gasteiger partial charge in [0.05, 0.1) is 0 Å². The van der Waals surface area contributed by atoms with Gasteiger partial charge in [-0.25, -0.2) is 0 Å². The Hall–Kier alpha value is -7.24. The number of hydrogen-bond donors (Lipinski definition) is 10. The number of aromatic nitrogens is 1. The highest BCUT2D eigenvalue weighted by molar-refractivity contribution is 5.98. The van der Waals surface area contributed by atoms with E-state index in [1.807, 2.05) is 84.9 Å². The first-order chi connectivity index (χ1) is 32.2.